The number of aromatic nitrogens is 2. The van der Waals surface area contributed by atoms with Crippen molar-refractivity contribution in [3.63, 3.8) is 0 Å². The lowest BCUT2D eigenvalue weighted by Gasteiger charge is -2.08. The van der Waals surface area contributed by atoms with Gasteiger partial charge in [0.25, 0.3) is 5.91 Å². The minimum Gasteiger partial charge on any atom is -0.494 e. The van der Waals surface area contributed by atoms with E-state index in [1.807, 2.05) is 6.92 Å². The van der Waals surface area contributed by atoms with Crippen LogP contribution in [0.15, 0.2) is 70.0 Å². The summed E-state index contributed by atoms with van der Waals surface area (Å²) in [6.07, 6.45) is 1.63. The highest BCUT2D eigenvalue weighted by Crippen LogP contribution is 2.23. The molecule has 0 unspecified atom stereocenters. The molecule has 0 radical (unpaired) electrons. The van der Waals surface area contributed by atoms with Crippen LogP contribution in [0.2, 0.25) is 0 Å². The number of carbonyl (C=O) groups excluding carboxylic acids is 1. The third-order valence-electron chi connectivity index (χ3n) is 4.44. The zero-order valence-corrected chi connectivity index (χ0v) is 16.1. The molecule has 2 heterocycles. The topological polar surface area (TPSA) is 86.4 Å². The Labute approximate surface area is 170 Å². The zero-order valence-electron chi connectivity index (χ0n) is 16.1. The van der Waals surface area contributed by atoms with Crippen LogP contribution in [0.3, 0.4) is 0 Å². The van der Waals surface area contributed by atoms with Gasteiger partial charge in [0.05, 0.1) is 18.7 Å². The van der Waals surface area contributed by atoms with E-state index in [1.54, 1.807) is 48.7 Å². The maximum atomic E-state index is 13.8. The molecule has 8 heteroatoms. The van der Waals surface area contributed by atoms with Gasteiger partial charge in [-0.2, -0.15) is 5.10 Å². The highest BCUT2D eigenvalue weighted by Gasteiger charge is 2.15. The number of hydrogen-bond acceptors (Lipinski definition) is 5. The maximum absolute atomic E-state index is 13.8. The summed E-state index contributed by atoms with van der Waals surface area (Å²) in [6, 6.07) is 14.1. The first-order valence-electron chi connectivity index (χ1n) is 9.32. The van der Waals surface area contributed by atoms with E-state index < -0.39 is 11.5 Å². The van der Waals surface area contributed by atoms with Crippen LogP contribution in [0.4, 0.5) is 10.2 Å². The van der Waals surface area contributed by atoms with Gasteiger partial charge in [0.15, 0.2) is 5.82 Å². The van der Waals surface area contributed by atoms with Crippen molar-refractivity contribution in [2.45, 2.75) is 13.5 Å². The molecule has 7 nitrogen and oxygen atoms in total. The van der Waals surface area contributed by atoms with Crippen LogP contribution in [-0.4, -0.2) is 22.3 Å². The average molecular weight is 407 g/mol. The molecule has 0 saturated carbocycles. The third kappa shape index (κ3) is 4.07. The summed E-state index contributed by atoms with van der Waals surface area (Å²) >= 11 is 0. The third-order valence-corrected chi connectivity index (χ3v) is 4.44. The molecule has 1 amide bonds. The molecule has 0 aliphatic carbocycles. The van der Waals surface area contributed by atoms with Crippen molar-refractivity contribution < 1.29 is 18.3 Å². The number of nitrogens with zero attached hydrogens (tertiary/aromatic N) is 2. The molecule has 1 N–H and O–H groups in total. The van der Waals surface area contributed by atoms with Crippen LogP contribution in [0.1, 0.15) is 22.8 Å². The van der Waals surface area contributed by atoms with E-state index in [-0.39, 0.29) is 29.3 Å². The second-order valence-corrected chi connectivity index (χ2v) is 6.51. The lowest BCUT2D eigenvalue weighted by molar-refractivity contribution is 0.102. The Kier molecular flexibility index (Phi) is 5.30. The van der Waals surface area contributed by atoms with E-state index in [1.165, 1.54) is 10.7 Å². The first-order chi connectivity index (χ1) is 14.5. The number of nitrogens with one attached hydrogen (secondary N) is 1. The summed E-state index contributed by atoms with van der Waals surface area (Å²) in [5.74, 6) is -0.0121. The maximum Gasteiger partial charge on any atom is 0.337 e. The molecule has 2 aromatic heterocycles. The van der Waals surface area contributed by atoms with Crippen molar-refractivity contribution in [2.24, 2.45) is 0 Å². The molecule has 0 spiro atoms. The lowest BCUT2D eigenvalue weighted by atomic mass is 10.1. The van der Waals surface area contributed by atoms with Crippen LogP contribution in [0.5, 0.6) is 5.75 Å². The monoisotopic (exact) mass is 407 g/mol. The number of carbonyl (C=O) groups is 1. The van der Waals surface area contributed by atoms with Crippen molar-refractivity contribution in [3.8, 4) is 5.75 Å². The van der Waals surface area contributed by atoms with Gasteiger partial charge in [0.1, 0.15) is 17.1 Å². The molecule has 2 aromatic carbocycles. The fourth-order valence-corrected chi connectivity index (χ4v) is 3.09. The van der Waals surface area contributed by atoms with E-state index in [4.69, 9.17) is 9.15 Å². The van der Waals surface area contributed by atoms with Gasteiger partial charge < -0.3 is 14.5 Å². The number of ether oxygens (including phenoxy) is 1. The van der Waals surface area contributed by atoms with Crippen LogP contribution in [0.25, 0.3) is 11.0 Å². The first-order valence-corrected chi connectivity index (χ1v) is 9.32. The van der Waals surface area contributed by atoms with Gasteiger partial charge in [-0.25, -0.2) is 9.18 Å². The summed E-state index contributed by atoms with van der Waals surface area (Å²) < 4.78 is 25.9. The Morgan fingerprint density at radius 2 is 2.03 bits per heavy atom. The molecule has 0 aliphatic rings. The fraction of sp³-hybridized carbons (Fsp3) is 0.136. The SMILES string of the molecule is CCOc1ccc2c(C(=O)Nc3ccn(Cc4ccccc4F)n3)cc(=O)oc2c1. The molecule has 0 aliphatic heterocycles. The predicted molar refractivity (Wildman–Crippen MR) is 109 cm³/mol. The molecule has 152 valence electrons. The predicted octanol–water partition coefficient (Wildman–Crippen LogP) is 3.83. The van der Waals surface area contributed by atoms with E-state index >= 15 is 0 Å². The second kappa shape index (κ2) is 8.20. The Balaban J connectivity index is 1.57. The fourth-order valence-electron chi connectivity index (χ4n) is 3.09. The molecule has 0 bridgehead atoms. The van der Waals surface area contributed by atoms with E-state index in [0.717, 1.165) is 6.07 Å². The molecule has 30 heavy (non-hydrogen) atoms. The minimum absolute atomic E-state index is 0.160. The molecule has 0 fully saturated rings. The molecule has 4 rings (SSSR count). The lowest BCUT2D eigenvalue weighted by Crippen LogP contribution is -2.16. The summed E-state index contributed by atoms with van der Waals surface area (Å²) in [7, 11) is 0. The Hall–Kier alpha value is -3.94. The van der Waals surface area contributed by atoms with Crippen LogP contribution < -0.4 is 15.7 Å². The number of fused-ring (bicyclic) bond motifs is 1. The number of amides is 1. The number of rotatable bonds is 6. The zero-order chi connectivity index (χ0) is 21.1. The Bertz CT molecular complexity index is 1280. The number of anilines is 1. The van der Waals surface area contributed by atoms with Crippen molar-refractivity contribution in [2.75, 3.05) is 11.9 Å². The highest BCUT2D eigenvalue weighted by molar-refractivity contribution is 6.11. The van der Waals surface area contributed by atoms with Crippen LogP contribution in [-0.2, 0) is 6.54 Å². The summed E-state index contributed by atoms with van der Waals surface area (Å²) in [5, 5.41) is 7.38. The summed E-state index contributed by atoms with van der Waals surface area (Å²) in [4.78, 5) is 24.7. The number of benzene rings is 2. The van der Waals surface area contributed by atoms with Gasteiger partial charge >= 0.3 is 5.63 Å². The molecule has 4 aromatic rings. The average Bonchev–Trinajstić information content (AvgIpc) is 3.16. The first kappa shape index (κ1) is 19.4. The van der Waals surface area contributed by atoms with Crippen LogP contribution in [0, 0.1) is 5.82 Å². The standard InChI is InChI=1S/C22H18FN3O4/c1-2-29-15-7-8-16-17(12-21(27)30-19(16)11-15)22(28)24-20-9-10-26(25-20)13-14-5-3-4-6-18(14)23/h3-12H,2,13H2,1H3,(H,24,25,28). The van der Waals surface area contributed by atoms with Gasteiger partial charge in [-0.05, 0) is 25.1 Å². The minimum atomic E-state index is -0.647. The number of halogens is 1. The van der Waals surface area contributed by atoms with Crippen LogP contribution >= 0.6 is 0 Å². The van der Waals surface area contributed by atoms with Gasteiger partial charge in [-0.15, -0.1) is 0 Å². The van der Waals surface area contributed by atoms with Crippen molar-refractivity contribution >= 4 is 22.7 Å². The molecular formula is C22H18FN3O4. The molecule has 0 atom stereocenters. The number of hydrogen-bond donors (Lipinski definition) is 1. The van der Waals surface area contributed by atoms with E-state index in [9.17, 15) is 14.0 Å². The van der Waals surface area contributed by atoms with E-state index in [2.05, 4.69) is 10.4 Å². The molecule has 0 saturated heterocycles. The highest BCUT2D eigenvalue weighted by atomic mass is 19.1. The smallest absolute Gasteiger partial charge is 0.337 e. The second-order valence-electron chi connectivity index (χ2n) is 6.51. The van der Waals surface area contributed by atoms with Gasteiger partial charge in [0, 0.05) is 35.3 Å². The normalized spacial score (nSPS) is 10.9. The van der Waals surface area contributed by atoms with Crippen molar-refractivity contribution in [1.82, 2.24) is 9.78 Å². The summed E-state index contributed by atoms with van der Waals surface area (Å²) in [5.41, 5.74) is 0.248. The summed E-state index contributed by atoms with van der Waals surface area (Å²) in [6.45, 7) is 2.53. The largest absolute Gasteiger partial charge is 0.494 e. The Morgan fingerprint density at radius 3 is 2.83 bits per heavy atom. The quantitative estimate of drug-likeness (QED) is 0.491. The Morgan fingerprint density at radius 1 is 1.20 bits per heavy atom. The van der Waals surface area contributed by atoms with Crippen molar-refractivity contribution in [1.29, 1.82) is 0 Å². The van der Waals surface area contributed by atoms with Crippen molar-refractivity contribution in [3.05, 3.63) is 88.2 Å². The molecular weight excluding hydrogens is 389 g/mol. The van der Waals surface area contributed by atoms with Gasteiger partial charge in [-0.1, -0.05) is 18.2 Å². The van der Waals surface area contributed by atoms with Gasteiger partial charge in [-0.3, -0.25) is 9.48 Å². The van der Waals surface area contributed by atoms with Gasteiger partial charge in [0.2, 0.25) is 0 Å². The van der Waals surface area contributed by atoms with E-state index in [0.29, 0.717) is 23.3 Å².